The van der Waals surface area contributed by atoms with Gasteiger partial charge in [-0.25, -0.2) is 0 Å². The van der Waals surface area contributed by atoms with Crippen molar-refractivity contribution in [3.63, 3.8) is 0 Å². The average molecular weight is 176 g/mol. The molecule has 2 rings (SSSR count). The van der Waals surface area contributed by atoms with Crippen molar-refractivity contribution in [3.05, 3.63) is 29.3 Å². The van der Waals surface area contributed by atoms with Crippen molar-refractivity contribution in [2.75, 3.05) is 0 Å². The van der Waals surface area contributed by atoms with Gasteiger partial charge in [0.15, 0.2) is 0 Å². The lowest BCUT2D eigenvalue weighted by Crippen LogP contribution is -2.33. The zero-order valence-corrected chi connectivity index (χ0v) is 7.70. The summed E-state index contributed by atoms with van der Waals surface area (Å²) in [6.45, 7) is 2.03. The SMILES string of the molecule is Cc1cccc(B(O)O)c1C1CC1. The van der Waals surface area contributed by atoms with Crippen LogP contribution in [0.15, 0.2) is 18.2 Å². The summed E-state index contributed by atoms with van der Waals surface area (Å²) in [5.41, 5.74) is 3.01. The van der Waals surface area contributed by atoms with E-state index in [0.29, 0.717) is 11.4 Å². The van der Waals surface area contributed by atoms with Gasteiger partial charge in [-0.3, -0.25) is 0 Å². The highest BCUT2D eigenvalue weighted by Crippen LogP contribution is 2.40. The van der Waals surface area contributed by atoms with E-state index in [1.54, 1.807) is 6.07 Å². The standard InChI is InChI=1S/C10H13BO2/c1-7-3-2-4-9(11(12)13)10(7)8-5-6-8/h2-4,8,12-13H,5-6H2,1H3. The zero-order chi connectivity index (χ0) is 9.42. The van der Waals surface area contributed by atoms with Crippen LogP contribution in [-0.4, -0.2) is 17.2 Å². The van der Waals surface area contributed by atoms with Gasteiger partial charge in [0.25, 0.3) is 0 Å². The molecule has 13 heavy (non-hydrogen) atoms. The Morgan fingerprint density at radius 1 is 1.31 bits per heavy atom. The largest absolute Gasteiger partial charge is 0.488 e. The predicted octanol–water partition coefficient (Wildman–Crippen LogP) is 0.552. The predicted molar refractivity (Wildman–Crippen MR) is 53.0 cm³/mol. The fourth-order valence-corrected chi connectivity index (χ4v) is 1.86. The molecule has 1 saturated carbocycles. The fraction of sp³-hybridized carbons (Fsp3) is 0.400. The van der Waals surface area contributed by atoms with E-state index in [2.05, 4.69) is 0 Å². The third-order valence-electron chi connectivity index (χ3n) is 2.62. The van der Waals surface area contributed by atoms with E-state index < -0.39 is 7.12 Å². The van der Waals surface area contributed by atoms with Crippen molar-refractivity contribution < 1.29 is 10.0 Å². The van der Waals surface area contributed by atoms with Crippen LogP contribution in [0.1, 0.15) is 29.9 Å². The van der Waals surface area contributed by atoms with Crippen LogP contribution in [0.2, 0.25) is 0 Å². The van der Waals surface area contributed by atoms with Crippen LogP contribution in [-0.2, 0) is 0 Å². The Morgan fingerprint density at radius 3 is 2.54 bits per heavy atom. The molecule has 2 N–H and O–H groups in total. The summed E-state index contributed by atoms with van der Waals surface area (Å²) in [4.78, 5) is 0. The molecular formula is C10H13BO2. The maximum atomic E-state index is 9.16. The molecule has 0 saturated heterocycles. The van der Waals surface area contributed by atoms with E-state index in [-0.39, 0.29) is 0 Å². The van der Waals surface area contributed by atoms with Crippen molar-refractivity contribution in [1.82, 2.24) is 0 Å². The Bertz CT molecular complexity index is 319. The van der Waals surface area contributed by atoms with Gasteiger partial charge in [-0.1, -0.05) is 18.2 Å². The second-order valence-corrected chi connectivity index (χ2v) is 3.73. The highest BCUT2D eigenvalue weighted by molar-refractivity contribution is 6.59. The van der Waals surface area contributed by atoms with Gasteiger partial charge in [-0.2, -0.15) is 0 Å². The minimum Gasteiger partial charge on any atom is -0.423 e. The molecule has 0 unspecified atom stereocenters. The highest BCUT2D eigenvalue weighted by atomic mass is 16.4. The molecule has 1 aliphatic rings. The van der Waals surface area contributed by atoms with Crippen LogP contribution in [0.5, 0.6) is 0 Å². The normalized spacial score (nSPS) is 15.9. The van der Waals surface area contributed by atoms with Crippen LogP contribution in [0.25, 0.3) is 0 Å². The van der Waals surface area contributed by atoms with Crippen LogP contribution in [0.4, 0.5) is 0 Å². The second kappa shape index (κ2) is 3.16. The Kier molecular flexibility index (Phi) is 2.14. The van der Waals surface area contributed by atoms with Crippen LogP contribution >= 0.6 is 0 Å². The number of hydrogen-bond donors (Lipinski definition) is 2. The fourth-order valence-electron chi connectivity index (χ4n) is 1.86. The second-order valence-electron chi connectivity index (χ2n) is 3.73. The molecule has 0 radical (unpaired) electrons. The summed E-state index contributed by atoms with van der Waals surface area (Å²) in [7, 11) is -1.32. The molecule has 1 aromatic rings. The molecule has 0 aromatic heterocycles. The van der Waals surface area contributed by atoms with Gasteiger partial charge in [-0.15, -0.1) is 0 Å². The summed E-state index contributed by atoms with van der Waals surface area (Å²) in [6, 6.07) is 5.70. The first-order chi connectivity index (χ1) is 6.20. The molecule has 1 aliphatic carbocycles. The minimum atomic E-state index is -1.32. The van der Waals surface area contributed by atoms with Gasteiger partial charge in [0, 0.05) is 0 Å². The molecular weight excluding hydrogens is 163 g/mol. The molecule has 0 amide bonds. The summed E-state index contributed by atoms with van der Waals surface area (Å²) in [5.74, 6) is 0.568. The molecule has 0 heterocycles. The highest BCUT2D eigenvalue weighted by Gasteiger charge is 2.30. The smallest absolute Gasteiger partial charge is 0.423 e. The molecule has 0 bridgehead atoms. The van der Waals surface area contributed by atoms with Crippen molar-refractivity contribution in [2.24, 2.45) is 0 Å². The number of aryl methyl sites for hydroxylation is 1. The quantitative estimate of drug-likeness (QED) is 0.646. The summed E-state index contributed by atoms with van der Waals surface area (Å²) < 4.78 is 0. The summed E-state index contributed by atoms with van der Waals surface area (Å²) in [5, 5.41) is 18.3. The lowest BCUT2D eigenvalue weighted by Gasteiger charge is -2.10. The average Bonchev–Trinajstić information content (AvgIpc) is 2.86. The lowest BCUT2D eigenvalue weighted by atomic mass is 9.74. The topological polar surface area (TPSA) is 40.5 Å². The molecule has 1 fully saturated rings. The molecule has 0 aliphatic heterocycles. The van der Waals surface area contributed by atoms with Gasteiger partial charge in [-0.05, 0) is 42.3 Å². The van der Waals surface area contributed by atoms with Crippen molar-refractivity contribution in [2.45, 2.75) is 25.7 Å². The van der Waals surface area contributed by atoms with Crippen LogP contribution < -0.4 is 5.46 Å². The first kappa shape index (κ1) is 8.79. The van der Waals surface area contributed by atoms with Gasteiger partial charge in [0.2, 0.25) is 0 Å². The number of benzene rings is 1. The molecule has 0 spiro atoms. The first-order valence-electron chi connectivity index (χ1n) is 4.65. The zero-order valence-electron chi connectivity index (χ0n) is 7.70. The Labute approximate surface area is 78.4 Å². The Morgan fingerprint density at radius 2 is 2.00 bits per heavy atom. The lowest BCUT2D eigenvalue weighted by molar-refractivity contribution is 0.425. The molecule has 0 atom stereocenters. The molecule has 1 aromatic carbocycles. The Hall–Kier alpha value is -0.795. The minimum absolute atomic E-state index is 0.568. The van der Waals surface area contributed by atoms with Gasteiger partial charge >= 0.3 is 7.12 Å². The molecule has 2 nitrogen and oxygen atoms in total. The third kappa shape index (κ3) is 1.62. The van der Waals surface area contributed by atoms with Crippen molar-refractivity contribution in [3.8, 4) is 0 Å². The summed E-state index contributed by atoms with van der Waals surface area (Å²) >= 11 is 0. The van der Waals surface area contributed by atoms with E-state index in [1.807, 2.05) is 19.1 Å². The molecule has 3 heteroatoms. The molecule has 68 valence electrons. The van der Waals surface area contributed by atoms with Gasteiger partial charge in [0.05, 0.1) is 0 Å². The first-order valence-corrected chi connectivity index (χ1v) is 4.65. The van der Waals surface area contributed by atoms with Crippen LogP contribution in [0.3, 0.4) is 0 Å². The van der Waals surface area contributed by atoms with E-state index in [9.17, 15) is 0 Å². The number of hydrogen-bond acceptors (Lipinski definition) is 2. The van der Waals surface area contributed by atoms with Crippen molar-refractivity contribution in [1.29, 1.82) is 0 Å². The van der Waals surface area contributed by atoms with E-state index in [4.69, 9.17) is 10.0 Å². The van der Waals surface area contributed by atoms with Crippen LogP contribution in [0, 0.1) is 6.92 Å². The monoisotopic (exact) mass is 176 g/mol. The van der Waals surface area contributed by atoms with Crippen molar-refractivity contribution >= 4 is 12.6 Å². The maximum Gasteiger partial charge on any atom is 0.488 e. The summed E-state index contributed by atoms with van der Waals surface area (Å²) in [6.07, 6.45) is 2.37. The van der Waals surface area contributed by atoms with Gasteiger partial charge < -0.3 is 10.0 Å². The number of rotatable bonds is 2. The third-order valence-corrected chi connectivity index (χ3v) is 2.62. The Balaban J connectivity index is 2.47. The van der Waals surface area contributed by atoms with E-state index >= 15 is 0 Å². The maximum absolute atomic E-state index is 9.16. The van der Waals surface area contributed by atoms with E-state index in [1.165, 1.54) is 18.4 Å². The van der Waals surface area contributed by atoms with Gasteiger partial charge in [0.1, 0.15) is 0 Å². The van der Waals surface area contributed by atoms with E-state index in [0.717, 1.165) is 5.56 Å².